The summed E-state index contributed by atoms with van der Waals surface area (Å²) in [7, 11) is 0. The number of nitrogens with zero attached hydrogens (tertiary/aromatic N) is 3. The summed E-state index contributed by atoms with van der Waals surface area (Å²) in [6, 6.07) is 11.5. The third-order valence-corrected chi connectivity index (χ3v) is 2.30. The first-order valence-electron chi connectivity index (χ1n) is 5.37. The number of benzene rings is 1. The minimum atomic E-state index is 0.202. The van der Waals surface area contributed by atoms with Gasteiger partial charge in [-0.25, -0.2) is 0 Å². The molecular formula is C12H13N3O2. The molecule has 0 amide bonds. The van der Waals surface area contributed by atoms with Gasteiger partial charge < -0.3 is 4.74 Å². The Morgan fingerprint density at radius 2 is 2.06 bits per heavy atom. The van der Waals surface area contributed by atoms with Gasteiger partial charge in [0.05, 0.1) is 19.8 Å². The van der Waals surface area contributed by atoms with Gasteiger partial charge in [-0.1, -0.05) is 30.3 Å². The third-order valence-electron chi connectivity index (χ3n) is 2.30. The van der Waals surface area contributed by atoms with Crippen LogP contribution in [0.3, 0.4) is 0 Å². The Bertz CT molecular complexity index is 468. The molecule has 2 rings (SSSR count). The molecule has 1 aromatic heterocycles. The van der Waals surface area contributed by atoms with Crippen molar-refractivity contribution in [3.8, 4) is 0 Å². The quantitative estimate of drug-likeness (QED) is 0.567. The average molecular weight is 231 g/mol. The van der Waals surface area contributed by atoms with Crippen LogP contribution in [-0.2, 0) is 17.9 Å². The van der Waals surface area contributed by atoms with Gasteiger partial charge in [0.15, 0.2) is 0 Å². The lowest BCUT2D eigenvalue weighted by Gasteiger charge is -2.04. The first kappa shape index (κ1) is 11.5. The Kier molecular flexibility index (Phi) is 3.99. The summed E-state index contributed by atoms with van der Waals surface area (Å²) in [6.45, 7) is 1.75. The van der Waals surface area contributed by atoms with Gasteiger partial charge in [-0.05, 0) is 10.7 Å². The van der Waals surface area contributed by atoms with Gasteiger partial charge in [-0.3, -0.25) is 4.68 Å². The van der Waals surface area contributed by atoms with Crippen LogP contribution in [0.15, 0.2) is 47.8 Å². The fraction of sp³-hybridized carbons (Fsp3) is 0.250. The van der Waals surface area contributed by atoms with Crippen molar-refractivity contribution in [1.82, 2.24) is 9.78 Å². The standard InChI is InChI=1S/C12H13N3O2/c16-14-12-6-7-15(13-12)8-9-17-10-11-4-2-1-3-5-11/h1-7H,8-10H2. The van der Waals surface area contributed by atoms with Crippen LogP contribution in [0.4, 0.5) is 5.82 Å². The molecule has 0 atom stereocenters. The van der Waals surface area contributed by atoms with Gasteiger partial charge >= 0.3 is 0 Å². The molecule has 0 bridgehead atoms. The number of hydrogen-bond acceptors (Lipinski definition) is 4. The van der Waals surface area contributed by atoms with E-state index in [2.05, 4.69) is 10.3 Å². The molecule has 0 unspecified atom stereocenters. The molecule has 0 aliphatic rings. The van der Waals surface area contributed by atoms with Crippen LogP contribution in [0.5, 0.6) is 0 Å². The zero-order chi connectivity index (χ0) is 11.9. The van der Waals surface area contributed by atoms with Crippen LogP contribution in [-0.4, -0.2) is 16.4 Å². The van der Waals surface area contributed by atoms with E-state index in [0.29, 0.717) is 19.8 Å². The fourth-order valence-electron chi connectivity index (χ4n) is 1.45. The lowest BCUT2D eigenvalue weighted by atomic mass is 10.2. The van der Waals surface area contributed by atoms with Gasteiger partial charge in [0, 0.05) is 12.3 Å². The van der Waals surface area contributed by atoms with Crippen molar-refractivity contribution in [1.29, 1.82) is 0 Å². The number of rotatable bonds is 6. The fourth-order valence-corrected chi connectivity index (χ4v) is 1.45. The molecule has 17 heavy (non-hydrogen) atoms. The molecule has 1 aromatic carbocycles. The average Bonchev–Trinajstić information content (AvgIpc) is 2.84. The topological polar surface area (TPSA) is 56.5 Å². The van der Waals surface area contributed by atoms with Crippen LogP contribution < -0.4 is 0 Å². The number of aromatic nitrogens is 2. The normalized spacial score (nSPS) is 10.4. The van der Waals surface area contributed by atoms with E-state index in [-0.39, 0.29) is 5.82 Å². The first-order chi connectivity index (χ1) is 8.38. The van der Waals surface area contributed by atoms with E-state index in [4.69, 9.17) is 4.74 Å². The molecule has 1 heterocycles. The maximum absolute atomic E-state index is 10.2. The van der Waals surface area contributed by atoms with E-state index >= 15 is 0 Å². The highest BCUT2D eigenvalue weighted by Crippen LogP contribution is 2.05. The molecule has 0 saturated heterocycles. The SMILES string of the molecule is O=Nc1ccn(CCOCc2ccccc2)n1. The van der Waals surface area contributed by atoms with Crippen LogP contribution >= 0.6 is 0 Å². The van der Waals surface area contributed by atoms with Crippen LogP contribution in [0.2, 0.25) is 0 Å². The van der Waals surface area contributed by atoms with Crippen molar-refractivity contribution in [2.45, 2.75) is 13.2 Å². The predicted octanol–water partition coefficient (Wildman–Crippen LogP) is 2.50. The lowest BCUT2D eigenvalue weighted by molar-refractivity contribution is 0.111. The Hall–Kier alpha value is -2.01. The molecule has 0 fully saturated rings. The van der Waals surface area contributed by atoms with Crippen molar-refractivity contribution in [2.24, 2.45) is 5.18 Å². The summed E-state index contributed by atoms with van der Waals surface area (Å²) in [4.78, 5) is 10.2. The molecular weight excluding hydrogens is 218 g/mol. The van der Waals surface area contributed by atoms with Gasteiger partial charge in [0.25, 0.3) is 0 Å². The maximum atomic E-state index is 10.2. The van der Waals surface area contributed by atoms with Crippen molar-refractivity contribution in [3.63, 3.8) is 0 Å². The van der Waals surface area contributed by atoms with Crippen LogP contribution in [0.25, 0.3) is 0 Å². The second kappa shape index (κ2) is 5.91. The summed E-state index contributed by atoms with van der Waals surface area (Å²) < 4.78 is 7.14. The van der Waals surface area contributed by atoms with E-state index in [1.165, 1.54) is 0 Å². The van der Waals surface area contributed by atoms with Crippen LogP contribution in [0.1, 0.15) is 5.56 Å². The van der Waals surface area contributed by atoms with Crippen molar-refractivity contribution >= 4 is 5.82 Å². The smallest absolute Gasteiger partial charge is 0.217 e. The van der Waals surface area contributed by atoms with E-state index in [9.17, 15) is 4.91 Å². The molecule has 0 radical (unpaired) electrons. The zero-order valence-electron chi connectivity index (χ0n) is 9.32. The Morgan fingerprint density at radius 3 is 2.76 bits per heavy atom. The maximum Gasteiger partial charge on any atom is 0.217 e. The van der Waals surface area contributed by atoms with E-state index in [1.54, 1.807) is 16.9 Å². The summed E-state index contributed by atoms with van der Waals surface area (Å²) in [5.41, 5.74) is 1.14. The van der Waals surface area contributed by atoms with Crippen molar-refractivity contribution in [2.75, 3.05) is 6.61 Å². The van der Waals surface area contributed by atoms with Crippen molar-refractivity contribution in [3.05, 3.63) is 53.1 Å². The largest absolute Gasteiger partial charge is 0.375 e. The Labute approximate surface area is 99.0 Å². The first-order valence-corrected chi connectivity index (χ1v) is 5.37. The van der Waals surface area contributed by atoms with E-state index in [0.717, 1.165) is 5.56 Å². The van der Waals surface area contributed by atoms with Gasteiger partial charge in [0.2, 0.25) is 5.82 Å². The molecule has 2 aromatic rings. The Balaban J connectivity index is 1.71. The molecule has 0 saturated carbocycles. The molecule has 0 aliphatic carbocycles. The zero-order valence-corrected chi connectivity index (χ0v) is 9.32. The monoisotopic (exact) mass is 231 g/mol. The summed E-state index contributed by atoms with van der Waals surface area (Å²) in [6.07, 6.45) is 1.71. The van der Waals surface area contributed by atoms with Crippen LogP contribution in [0, 0.1) is 4.91 Å². The highest BCUT2D eigenvalue weighted by molar-refractivity contribution is 5.22. The number of ether oxygens (including phenoxy) is 1. The highest BCUT2D eigenvalue weighted by Gasteiger charge is 1.98. The highest BCUT2D eigenvalue weighted by atomic mass is 16.5. The summed E-state index contributed by atoms with van der Waals surface area (Å²) in [5.74, 6) is 0.202. The lowest BCUT2D eigenvalue weighted by Crippen LogP contribution is -2.06. The minimum Gasteiger partial charge on any atom is -0.375 e. The molecule has 88 valence electrons. The van der Waals surface area contributed by atoms with Gasteiger partial charge in [0.1, 0.15) is 0 Å². The van der Waals surface area contributed by atoms with Gasteiger partial charge in [-0.2, -0.15) is 0 Å². The second-order valence-electron chi connectivity index (χ2n) is 3.57. The molecule has 0 aliphatic heterocycles. The van der Waals surface area contributed by atoms with Gasteiger partial charge in [-0.15, -0.1) is 10.0 Å². The molecule has 0 N–H and O–H groups in total. The molecule has 0 spiro atoms. The molecule has 5 nitrogen and oxygen atoms in total. The molecule has 5 heteroatoms. The number of nitroso groups, excluding NO2 is 1. The summed E-state index contributed by atoms with van der Waals surface area (Å²) >= 11 is 0. The van der Waals surface area contributed by atoms with Crippen molar-refractivity contribution < 1.29 is 4.74 Å². The van der Waals surface area contributed by atoms with E-state index < -0.39 is 0 Å². The minimum absolute atomic E-state index is 0.202. The predicted molar refractivity (Wildman–Crippen MR) is 63.8 cm³/mol. The Morgan fingerprint density at radius 1 is 1.24 bits per heavy atom. The second-order valence-corrected chi connectivity index (χ2v) is 3.57. The third kappa shape index (κ3) is 3.49. The summed E-state index contributed by atoms with van der Waals surface area (Å²) in [5, 5.41) is 6.68. The number of hydrogen-bond donors (Lipinski definition) is 0. The van der Waals surface area contributed by atoms with E-state index in [1.807, 2.05) is 30.3 Å².